The van der Waals surface area contributed by atoms with Crippen molar-refractivity contribution in [2.45, 2.75) is 13.2 Å². The lowest BCUT2D eigenvalue weighted by molar-refractivity contribution is -0.104. The van der Waals surface area contributed by atoms with Crippen molar-refractivity contribution in [1.29, 1.82) is 0 Å². The average Bonchev–Trinajstić information content (AvgIpc) is 2.42. The van der Waals surface area contributed by atoms with Gasteiger partial charge < -0.3 is 9.64 Å². The highest BCUT2D eigenvalue weighted by Crippen LogP contribution is 2.14. The second kappa shape index (κ2) is 6.71. The third-order valence-corrected chi connectivity index (χ3v) is 2.75. The first kappa shape index (κ1) is 14.1. The van der Waals surface area contributed by atoms with Crippen molar-refractivity contribution in [2.24, 2.45) is 0 Å². The third kappa shape index (κ3) is 3.28. The minimum atomic E-state index is -0.305. The minimum Gasteiger partial charge on any atom is -0.362 e. The van der Waals surface area contributed by atoms with Crippen molar-refractivity contribution >= 4 is 18.3 Å². The molecule has 0 aliphatic carbocycles. The Labute approximate surface area is 107 Å². The topological polar surface area (TPSA) is 46.6 Å². The Morgan fingerprint density at radius 3 is 2.67 bits per heavy atom. The summed E-state index contributed by atoms with van der Waals surface area (Å²) < 4.78 is 5.11. The molecule has 1 aromatic rings. The molecule has 1 amide bonds. The molecule has 0 aliphatic rings. The number of nitrogens with zero attached hydrogens (tertiary/aromatic N) is 1. The number of carbonyl (C=O) groups is 2. The molecule has 1 rings (SSSR count). The molecule has 4 nitrogen and oxygen atoms in total. The smallest absolute Gasteiger partial charge is 0.256 e. The van der Waals surface area contributed by atoms with Crippen LogP contribution in [0.1, 0.15) is 22.8 Å². The maximum Gasteiger partial charge on any atom is 0.256 e. The molecular formula is C14H17NO3. The lowest BCUT2D eigenvalue weighted by Gasteiger charge is -2.24. The van der Waals surface area contributed by atoms with Crippen LogP contribution in [-0.4, -0.2) is 37.5 Å². The summed E-state index contributed by atoms with van der Waals surface area (Å²) in [6.07, 6.45) is 3.36. The second-order valence-corrected chi connectivity index (χ2v) is 3.83. The SMILES string of the molecule is COC(C)N(C)C(=O)c1ccccc1/C=C/C=O. The van der Waals surface area contributed by atoms with E-state index in [9.17, 15) is 9.59 Å². The predicted molar refractivity (Wildman–Crippen MR) is 70.1 cm³/mol. The molecule has 0 heterocycles. The molecule has 0 radical (unpaired) electrons. The zero-order valence-electron chi connectivity index (χ0n) is 10.8. The lowest BCUT2D eigenvalue weighted by Crippen LogP contribution is -2.36. The highest BCUT2D eigenvalue weighted by atomic mass is 16.5. The van der Waals surface area contributed by atoms with Crippen LogP contribution in [-0.2, 0) is 9.53 Å². The van der Waals surface area contributed by atoms with Gasteiger partial charge in [0.15, 0.2) is 0 Å². The first-order chi connectivity index (χ1) is 8.61. The van der Waals surface area contributed by atoms with E-state index in [1.807, 2.05) is 6.07 Å². The molecule has 0 spiro atoms. The van der Waals surface area contributed by atoms with Crippen molar-refractivity contribution < 1.29 is 14.3 Å². The first-order valence-corrected chi connectivity index (χ1v) is 5.62. The molecule has 0 aliphatic heterocycles. The van der Waals surface area contributed by atoms with E-state index in [1.165, 1.54) is 11.0 Å². The Morgan fingerprint density at radius 1 is 1.39 bits per heavy atom. The number of benzene rings is 1. The van der Waals surface area contributed by atoms with E-state index in [-0.39, 0.29) is 12.1 Å². The molecule has 96 valence electrons. The monoisotopic (exact) mass is 247 g/mol. The van der Waals surface area contributed by atoms with Gasteiger partial charge in [-0.3, -0.25) is 9.59 Å². The molecular weight excluding hydrogens is 230 g/mol. The molecule has 1 atom stereocenters. The van der Waals surface area contributed by atoms with E-state index in [0.29, 0.717) is 17.4 Å². The van der Waals surface area contributed by atoms with Gasteiger partial charge in [-0.2, -0.15) is 0 Å². The molecule has 0 fully saturated rings. The van der Waals surface area contributed by atoms with Crippen LogP contribution in [0.2, 0.25) is 0 Å². The summed E-state index contributed by atoms with van der Waals surface area (Å²) in [7, 11) is 3.23. The average molecular weight is 247 g/mol. The Kier molecular flexibility index (Phi) is 5.27. The van der Waals surface area contributed by atoms with E-state index in [4.69, 9.17) is 4.74 Å². The Hall–Kier alpha value is -1.94. The normalized spacial score (nSPS) is 12.4. The number of hydrogen-bond donors (Lipinski definition) is 0. The number of amides is 1. The fraction of sp³-hybridized carbons (Fsp3) is 0.286. The van der Waals surface area contributed by atoms with Gasteiger partial charge in [-0.15, -0.1) is 0 Å². The van der Waals surface area contributed by atoms with Crippen LogP contribution in [0.3, 0.4) is 0 Å². The molecule has 0 N–H and O–H groups in total. The third-order valence-electron chi connectivity index (χ3n) is 2.75. The van der Waals surface area contributed by atoms with E-state index in [2.05, 4.69) is 0 Å². The highest BCUT2D eigenvalue weighted by molar-refractivity contribution is 5.98. The van der Waals surface area contributed by atoms with Crippen LogP contribution in [0.15, 0.2) is 30.3 Å². The van der Waals surface area contributed by atoms with Crippen LogP contribution in [0.25, 0.3) is 6.08 Å². The number of ether oxygens (including phenoxy) is 1. The van der Waals surface area contributed by atoms with E-state index < -0.39 is 0 Å². The van der Waals surface area contributed by atoms with Gasteiger partial charge in [0.05, 0.1) is 0 Å². The first-order valence-electron chi connectivity index (χ1n) is 5.62. The van der Waals surface area contributed by atoms with Crippen molar-refractivity contribution in [3.63, 3.8) is 0 Å². The van der Waals surface area contributed by atoms with Crippen LogP contribution in [0.5, 0.6) is 0 Å². The minimum absolute atomic E-state index is 0.143. The Morgan fingerprint density at radius 2 is 2.06 bits per heavy atom. The summed E-state index contributed by atoms with van der Waals surface area (Å²) in [5.74, 6) is -0.143. The van der Waals surface area contributed by atoms with Gasteiger partial charge in [-0.05, 0) is 24.6 Å². The van der Waals surface area contributed by atoms with Gasteiger partial charge in [0, 0.05) is 19.7 Å². The van der Waals surface area contributed by atoms with E-state index >= 15 is 0 Å². The summed E-state index contributed by atoms with van der Waals surface area (Å²) in [5, 5.41) is 0. The quantitative estimate of drug-likeness (QED) is 0.454. The van der Waals surface area contributed by atoms with E-state index in [0.717, 1.165) is 0 Å². The number of carbonyl (C=O) groups excluding carboxylic acids is 2. The lowest BCUT2D eigenvalue weighted by atomic mass is 10.1. The largest absolute Gasteiger partial charge is 0.362 e. The highest BCUT2D eigenvalue weighted by Gasteiger charge is 2.18. The summed E-state index contributed by atoms with van der Waals surface area (Å²) in [6, 6.07) is 7.13. The molecule has 0 saturated heterocycles. The standard InChI is InChI=1S/C14H17NO3/c1-11(18-3)15(2)14(17)13-9-5-4-7-12(13)8-6-10-16/h4-11H,1-3H3/b8-6+. The van der Waals surface area contributed by atoms with Crippen LogP contribution in [0.4, 0.5) is 0 Å². The van der Waals surface area contributed by atoms with Gasteiger partial charge in [0.2, 0.25) is 0 Å². The molecule has 1 unspecified atom stereocenters. The molecule has 18 heavy (non-hydrogen) atoms. The van der Waals surface area contributed by atoms with E-state index in [1.54, 1.807) is 45.4 Å². The van der Waals surface area contributed by atoms with Crippen molar-refractivity contribution in [3.8, 4) is 0 Å². The molecule has 4 heteroatoms. The van der Waals surface area contributed by atoms with Gasteiger partial charge in [-0.1, -0.05) is 24.3 Å². The van der Waals surface area contributed by atoms with Crippen LogP contribution < -0.4 is 0 Å². The van der Waals surface area contributed by atoms with Crippen LogP contribution in [0, 0.1) is 0 Å². The van der Waals surface area contributed by atoms with Crippen molar-refractivity contribution in [3.05, 3.63) is 41.5 Å². The number of methoxy groups -OCH3 is 1. The number of hydrogen-bond acceptors (Lipinski definition) is 3. The summed E-state index contributed by atoms with van der Waals surface area (Å²) >= 11 is 0. The summed E-state index contributed by atoms with van der Waals surface area (Å²) in [4.78, 5) is 24.1. The van der Waals surface area contributed by atoms with Crippen molar-refractivity contribution in [2.75, 3.05) is 14.2 Å². The van der Waals surface area contributed by atoms with Crippen LogP contribution >= 0.6 is 0 Å². The van der Waals surface area contributed by atoms with Gasteiger partial charge in [0.1, 0.15) is 12.5 Å². The second-order valence-electron chi connectivity index (χ2n) is 3.83. The summed E-state index contributed by atoms with van der Waals surface area (Å²) in [5.41, 5.74) is 1.26. The zero-order valence-corrected chi connectivity index (χ0v) is 10.8. The van der Waals surface area contributed by atoms with Gasteiger partial charge >= 0.3 is 0 Å². The Balaban J connectivity index is 3.05. The fourth-order valence-corrected chi connectivity index (χ4v) is 1.49. The summed E-state index contributed by atoms with van der Waals surface area (Å²) in [6.45, 7) is 1.79. The molecule has 1 aromatic carbocycles. The maximum atomic E-state index is 12.3. The van der Waals surface area contributed by atoms with Gasteiger partial charge in [-0.25, -0.2) is 0 Å². The molecule has 0 saturated carbocycles. The number of allylic oxidation sites excluding steroid dienone is 1. The fourth-order valence-electron chi connectivity index (χ4n) is 1.49. The predicted octanol–water partition coefficient (Wildman–Crippen LogP) is 1.96. The van der Waals surface area contributed by atoms with Gasteiger partial charge in [0.25, 0.3) is 5.91 Å². The zero-order chi connectivity index (χ0) is 13.5. The van der Waals surface area contributed by atoms with Crippen molar-refractivity contribution in [1.82, 2.24) is 4.90 Å². The molecule has 0 aromatic heterocycles. The molecule has 0 bridgehead atoms. The maximum absolute atomic E-state index is 12.3. The Bertz CT molecular complexity index is 454. The number of rotatable bonds is 5. The number of aldehydes is 1.